The van der Waals surface area contributed by atoms with Gasteiger partial charge in [0, 0.05) is 6.42 Å². The zero-order chi connectivity index (χ0) is 15.4. The smallest absolute Gasteiger partial charge is 0.345 e. The molecule has 2 rings (SSSR count). The van der Waals surface area contributed by atoms with Crippen LogP contribution >= 0.6 is 23.2 Å². The Labute approximate surface area is 133 Å². The summed E-state index contributed by atoms with van der Waals surface area (Å²) in [6.45, 7) is 1.91. The quantitative estimate of drug-likeness (QED) is 0.887. The number of aryl methyl sites for hydroxylation is 1. The molecule has 1 unspecified atom stereocenters. The number of carboxylic acid groups (broad SMARTS) is 1. The van der Waals surface area contributed by atoms with Gasteiger partial charge in [0.1, 0.15) is 5.75 Å². The molecular formula is C16H14Cl2O3. The molecule has 21 heavy (non-hydrogen) atoms. The van der Waals surface area contributed by atoms with Crippen LogP contribution in [0.2, 0.25) is 10.0 Å². The van der Waals surface area contributed by atoms with Crippen molar-refractivity contribution in [3.05, 3.63) is 63.6 Å². The summed E-state index contributed by atoms with van der Waals surface area (Å²) in [6, 6.07) is 12.4. The third-order valence-corrected chi connectivity index (χ3v) is 3.84. The number of carboxylic acids is 1. The molecule has 0 aliphatic carbocycles. The standard InChI is InChI=1S/C16H14Cl2O3/c1-10-4-2-6-12(8-10)21-14(16(19)20)9-11-5-3-7-13(17)15(11)18/h2-8,14H,9H2,1H3,(H,19,20). The van der Waals surface area contributed by atoms with Gasteiger partial charge in [-0.1, -0.05) is 47.5 Å². The predicted molar refractivity (Wildman–Crippen MR) is 83.4 cm³/mol. The maximum Gasteiger partial charge on any atom is 0.345 e. The van der Waals surface area contributed by atoms with Crippen LogP contribution in [0, 0.1) is 6.92 Å². The second kappa shape index (κ2) is 6.83. The first-order valence-corrected chi connectivity index (χ1v) is 7.12. The SMILES string of the molecule is Cc1cccc(OC(Cc2cccc(Cl)c2Cl)C(=O)O)c1. The van der Waals surface area contributed by atoms with E-state index in [1.807, 2.05) is 19.1 Å². The Kier molecular flexibility index (Phi) is 5.10. The minimum Gasteiger partial charge on any atom is -0.478 e. The van der Waals surface area contributed by atoms with E-state index >= 15 is 0 Å². The highest BCUT2D eigenvalue weighted by Gasteiger charge is 2.22. The molecule has 0 saturated carbocycles. The zero-order valence-electron chi connectivity index (χ0n) is 11.3. The molecule has 1 N–H and O–H groups in total. The van der Waals surface area contributed by atoms with Gasteiger partial charge < -0.3 is 9.84 Å². The summed E-state index contributed by atoms with van der Waals surface area (Å²) in [6.07, 6.45) is -0.884. The van der Waals surface area contributed by atoms with Crippen LogP contribution in [0.25, 0.3) is 0 Å². The van der Waals surface area contributed by atoms with Gasteiger partial charge in [0.25, 0.3) is 0 Å². The molecule has 0 saturated heterocycles. The molecule has 0 bridgehead atoms. The van der Waals surface area contributed by atoms with Gasteiger partial charge in [0.15, 0.2) is 6.10 Å². The van der Waals surface area contributed by atoms with Crippen molar-refractivity contribution in [3.63, 3.8) is 0 Å². The lowest BCUT2D eigenvalue weighted by molar-refractivity contribution is -0.145. The summed E-state index contributed by atoms with van der Waals surface area (Å²) in [7, 11) is 0. The van der Waals surface area contributed by atoms with Crippen molar-refractivity contribution in [1.82, 2.24) is 0 Å². The van der Waals surface area contributed by atoms with E-state index in [1.54, 1.807) is 30.3 Å². The molecule has 0 amide bonds. The normalized spacial score (nSPS) is 12.0. The Morgan fingerprint density at radius 3 is 2.62 bits per heavy atom. The molecule has 2 aromatic carbocycles. The molecule has 110 valence electrons. The number of hydrogen-bond donors (Lipinski definition) is 1. The van der Waals surface area contributed by atoms with E-state index in [0.717, 1.165) is 5.56 Å². The highest BCUT2D eigenvalue weighted by atomic mass is 35.5. The first-order chi connectivity index (χ1) is 9.97. The number of hydrogen-bond acceptors (Lipinski definition) is 2. The molecule has 0 fully saturated rings. The van der Waals surface area contributed by atoms with Gasteiger partial charge >= 0.3 is 5.97 Å². The van der Waals surface area contributed by atoms with Gasteiger partial charge in [-0.25, -0.2) is 4.79 Å². The molecule has 2 aromatic rings. The van der Waals surface area contributed by atoms with Crippen LogP contribution in [0.1, 0.15) is 11.1 Å². The van der Waals surface area contributed by atoms with Crippen molar-refractivity contribution >= 4 is 29.2 Å². The predicted octanol–water partition coefficient (Wildman–Crippen LogP) is 4.38. The van der Waals surface area contributed by atoms with Crippen LogP contribution < -0.4 is 4.74 Å². The number of carbonyl (C=O) groups is 1. The number of rotatable bonds is 5. The molecule has 1 atom stereocenters. The van der Waals surface area contributed by atoms with E-state index in [0.29, 0.717) is 21.4 Å². The number of halogens is 2. The maximum atomic E-state index is 11.4. The van der Waals surface area contributed by atoms with Crippen LogP contribution in [0.5, 0.6) is 5.75 Å². The fourth-order valence-corrected chi connectivity index (χ4v) is 2.34. The minimum atomic E-state index is -1.05. The van der Waals surface area contributed by atoms with Crippen LogP contribution in [0.4, 0.5) is 0 Å². The molecule has 0 aromatic heterocycles. The van der Waals surface area contributed by atoms with Crippen molar-refractivity contribution < 1.29 is 14.6 Å². The minimum absolute atomic E-state index is 0.142. The third-order valence-electron chi connectivity index (χ3n) is 2.98. The molecule has 0 aliphatic rings. The van der Waals surface area contributed by atoms with E-state index in [1.165, 1.54) is 0 Å². The number of ether oxygens (including phenoxy) is 1. The maximum absolute atomic E-state index is 11.4. The fraction of sp³-hybridized carbons (Fsp3) is 0.188. The largest absolute Gasteiger partial charge is 0.478 e. The van der Waals surface area contributed by atoms with Gasteiger partial charge in [0.05, 0.1) is 10.0 Å². The van der Waals surface area contributed by atoms with E-state index < -0.39 is 12.1 Å². The van der Waals surface area contributed by atoms with E-state index in [2.05, 4.69) is 0 Å². The number of aliphatic carboxylic acids is 1. The highest BCUT2D eigenvalue weighted by Crippen LogP contribution is 2.27. The van der Waals surface area contributed by atoms with Crippen molar-refractivity contribution in [1.29, 1.82) is 0 Å². The molecule has 0 radical (unpaired) electrons. The lowest BCUT2D eigenvalue weighted by atomic mass is 10.1. The molecule has 0 aliphatic heterocycles. The zero-order valence-corrected chi connectivity index (χ0v) is 12.9. The Balaban J connectivity index is 2.20. The van der Waals surface area contributed by atoms with Crippen molar-refractivity contribution in [3.8, 4) is 5.75 Å². The molecule has 5 heteroatoms. The average molecular weight is 325 g/mol. The van der Waals surface area contributed by atoms with Crippen LogP contribution in [-0.2, 0) is 11.2 Å². The first-order valence-electron chi connectivity index (χ1n) is 6.36. The topological polar surface area (TPSA) is 46.5 Å². The van der Waals surface area contributed by atoms with Gasteiger partial charge in [-0.3, -0.25) is 0 Å². The molecule has 3 nitrogen and oxygen atoms in total. The lowest BCUT2D eigenvalue weighted by Gasteiger charge is -2.16. The molecular weight excluding hydrogens is 311 g/mol. The summed E-state index contributed by atoms with van der Waals surface area (Å²) in [5.41, 5.74) is 1.64. The summed E-state index contributed by atoms with van der Waals surface area (Å²) in [5, 5.41) is 10.1. The highest BCUT2D eigenvalue weighted by molar-refractivity contribution is 6.42. The van der Waals surface area contributed by atoms with Crippen LogP contribution in [0.15, 0.2) is 42.5 Å². The van der Waals surface area contributed by atoms with Gasteiger partial charge in [-0.15, -0.1) is 0 Å². The average Bonchev–Trinajstić information content (AvgIpc) is 2.43. The summed E-state index contributed by atoms with van der Waals surface area (Å²) < 4.78 is 5.55. The second-order valence-electron chi connectivity index (χ2n) is 4.68. The molecule has 0 heterocycles. The number of benzene rings is 2. The lowest BCUT2D eigenvalue weighted by Crippen LogP contribution is -2.29. The third kappa shape index (κ3) is 4.13. The van der Waals surface area contributed by atoms with E-state index in [4.69, 9.17) is 27.9 Å². The summed E-state index contributed by atoms with van der Waals surface area (Å²) >= 11 is 12.0. The van der Waals surface area contributed by atoms with E-state index in [9.17, 15) is 9.90 Å². The monoisotopic (exact) mass is 324 g/mol. The molecule has 0 spiro atoms. The van der Waals surface area contributed by atoms with Gasteiger partial charge in [-0.2, -0.15) is 0 Å². The Morgan fingerprint density at radius 1 is 1.24 bits per heavy atom. The van der Waals surface area contributed by atoms with Crippen molar-refractivity contribution in [2.45, 2.75) is 19.4 Å². The summed E-state index contributed by atoms with van der Waals surface area (Å²) in [5.74, 6) is -0.534. The van der Waals surface area contributed by atoms with Crippen molar-refractivity contribution in [2.75, 3.05) is 0 Å². The van der Waals surface area contributed by atoms with Crippen LogP contribution in [-0.4, -0.2) is 17.2 Å². The van der Waals surface area contributed by atoms with Crippen molar-refractivity contribution in [2.24, 2.45) is 0 Å². The van der Waals surface area contributed by atoms with Gasteiger partial charge in [-0.05, 0) is 36.2 Å². The Morgan fingerprint density at radius 2 is 1.95 bits per heavy atom. The fourth-order valence-electron chi connectivity index (χ4n) is 1.94. The van der Waals surface area contributed by atoms with E-state index in [-0.39, 0.29) is 6.42 Å². The Bertz CT molecular complexity index is 656. The van der Waals surface area contributed by atoms with Crippen LogP contribution in [0.3, 0.4) is 0 Å². The first kappa shape index (κ1) is 15.7. The Hall–Kier alpha value is -1.71. The van der Waals surface area contributed by atoms with Gasteiger partial charge in [0.2, 0.25) is 0 Å². The second-order valence-corrected chi connectivity index (χ2v) is 5.46. The summed E-state index contributed by atoms with van der Waals surface area (Å²) in [4.78, 5) is 11.4.